The Morgan fingerprint density at radius 3 is 2.50 bits per heavy atom. The summed E-state index contributed by atoms with van der Waals surface area (Å²) >= 11 is 3.23. The summed E-state index contributed by atoms with van der Waals surface area (Å²) in [5.74, 6) is 1.36. The average molecular weight is 179 g/mol. The molecule has 1 fully saturated rings. The van der Waals surface area contributed by atoms with Gasteiger partial charge in [-0.25, -0.2) is 0 Å². The molecule has 1 aliphatic carbocycles. The summed E-state index contributed by atoms with van der Waals surface area (Å²) in [6, 6.07) is 0. The summed E-state index contributed by atoms with van der Waals surface area (Å²) in [5.41, 5.74) is 0. The molecule has 1 rings (SSSR count). The normalized spacial score (nSPS) is 39.4. The van der Waals surface area contributed by atoms with Crippen LogP contribution in [0.3, 0.4) is 0 Å². The topological polar surface area (TPSA) is 20.2 Å². The predicted molar refractivity (Wildman–Crippen MR) is 37.1 cm³/mol. The Labute approximate surface area is 58.2 Å². The highest BCUT2D eigenvalue weighted by Gasteiger charge is 2.37. The molecule has 1 nitrogen and oxygen atoms in total. The van der Waals surface area contributed by atoms with Gasteiger partial charge in [-0.3, -0.25) is 0 Å². The van der Waals surface area contributed by atoms with Gasteiger partial charge in [-0.1, -0.05) is 22.9 Å². The number of hydrogen-bond donors (Lipinski definition) is 1. The molecule has 48 valence electrons. The largest absolute Gasteiger partial charge is 0.392 e. The molecule has 8 heavy (non-hydrogen) atoms. The first kappa shape index (κ1) is 6.56. The van der Waals surface area contributed by atoms with E-state index in [-0.39, 0.29) is 6.10 Å². The first-order valence-corrected chi connectivity index (χ1v) is 4.12. The molecule has 0 aliphatic heterocycles. The maximum absolute atomic E-state index is 9.12. The third-order valence-corrected chi connectivity index (χ3v) is 2.49. The Morgan fingerprint density at radius 1 is 1.88 bits per heavy atom. The van der Waals surface area contributed by atoms with Crippen LogP contribution in [0.5, 0.6) is 0 Å². The zero-order chi connectivity index (χ0) is 6.15. The molecule has 0 heterocycles. The molecule has 0 radical (unpaired) electrons. The van der Waals surface area contributed by atoms with Crippen molar-refractivity contribution >= 4 is 15.9 Å². The van der Waals surface area contributed by atoms with Crippen molar-refractivity contribution in [1.29, 1.82) is 0 Å². The summed E-state index contributed by atoms with van der Waals surface area (Å²) in [6.45, 7) is 2.18. The van der Waals surface area contributed by atoms with Gasteiger partial charge in [0.25, 0.3) is 0 Å². The van der Waals surface area contributed by atoms with Crippen molar-refractivity contribution in [2.75, 3.05) is 5.33 Å². The molecule has 0 bridgehead atoms. The minimum absolute atomic E-state index is 0.0926. The van der Waals surface area contributed by atoms with Crippen LogP contribution in [0.15, 0.2) is 0 Å². The Hall–Kier alpha value is 0.440. The molecular formula is C6H11BrO. The van der Waals surface area contributed by atoms with Crippen molar-refractivity contribution in [3.63, 3.8) is 0 Å². The van der Waals surface area contributed by atoms with Crippen molar-refractivity contribution < 1.29 is 5.11 Å². The van der Waals surface area contributed by atoms with E-state index in [1.165, 1.54) is 6.42 Å². The van der Waals surface area contributed by atoms with Crippen LogP contribution in [-0.4, -0.2) is 16.5 Å². The highest BCUT2D eigenvalue weighted by molar-refractivity contribution is 9.09. The summed E-state index contributed by atoms with van der Waals surface area (Å²) in [7, 11) is 0. The molecule has 1 N–H and O–H groups in total. The minimum atomic E-state index is -0.0926. The Bertz CT molecular complexity index is 82.6. The zero-order valence-electron chi connectivity index (χ0n) is 4.97. The molecule has 1 aliphatic rings. The molecule has 2 heteroatoms. The smallest absolute Gasteiger partial charge is 0.0667 e. The molecule has 0 saturated heterocycles. The lowest BCUT2D eigenvalue weighted by molar-refractivity contribution is 0.171. The highest BCUT2D eigenvalue weighted by Crippen LogP contribution is 2.40. The number of alkyl halides is 1. The van der Waals surface area contributed by atoms with Crippen LogP contribution in [0.4, 0.5) is 0 Å². The van der Waals surface area contributed by atoms with Crippen LogP contribution in [0.2, 0.25) is 0 Å². The highest BCUT2D eigenvalue weighted by atomic mass is 79.9. The maximum Gasteiger partial charge on any atom is 0.0667 e. The number of aliphatic hydroxyl groups is 1. The molecule has 0 aromatic heterocycles. The average Bonchev–Trinajstić information content (AvgIpc) is 2.45. The van der Waals surface area contributed by atoms with Gasteiger partial charge in [0.05, 0.1) is 6.10 Å². The third kappa shape index (κ3) is 1.23. The van der Waals surface area contributed by atoms with Crippen molar-refractivity contribution in [2.24, 2.45) is 11.8 Å². The quantitative estimate of drug-likeness (QED) is 0.635. The lowest BCUT2D eigenvalue weighted by Gasteiger charge is -2.01. The van der Waals surface area contributed by atoms with E-state index in [0.717, 1.165) is 11.2 Å². The first-order valence-electron chi connectivity index (χ1n) is 2.99. The Balaban J connectivity index is 2.18. The minimum Gasteiger partial charge on any atom is -0.392 e. The second-order valence-electron chi connectivity index (χ2n) is 2.60. The molecule has 0 spiro atoms. The van der Waals surface area contributed by atoms with Crippen LogP contribution in [0.25, 0.3) is 0 Å². The number of hydrogen-bond acceptors (Lipinski definition) is 1. The predicted octanol–water partition coefficient (Wildman–Crippen LogP) is 1.40. The Kier molecular flexibility index (Phi) is 1.93. The number of halogens is 1. The van der Waals surface area contributed by atoms with E-state index in [0.29, 0.717) is 5.92 Å². The van der Waals surface area contributed by atoms with Gasteiger partial charge in [-0.05, 0) is 18.3 Å². The molecule has 3 atom stereocenters. The molecule has 0 aromatic rings. The number of rotatable bonds is 2. The van der Waals surface area contributed by atoms with Gasteiger partial charge in [0, 0.05) is 5.33 Å². The lowest BCUT2D eigenvalue weighted by atomic mass is 10.2. The fourth-order valence-corrected chi connectivity index (χ4v) is 1.48. The second-order valence-corrected chi connectivity index (χ2v) is 3.25. The lowest BCUT2D eigenvalue weighted by Crippen LogP contribution is -2.10. The van der Waals surface area contributed by atoms with Crippen LogP contribution in [0.1, 0.15) is 13.3 Å². The monoisotopic (exact) mass is 178 g/mol. The van der Waals surface area contributed by atoms with Crippen molar-refractivity contribution in [2.45, 2.75) is 19.4 Å². The van der Waals surface area contributed by atoms with E-state index in [4.69, 9.17) is 5.11 Å². The van der Waals surface area contributed by atoms with Crippen molar-refractivity contribution in [3.05, 3.63) is 0 Å². The van der Waals surface area contributed by atoms with E-state index >= 15 is 0 Å². The van der Waals surface area contributed by atoms with Gasteiger partial charge in [0.2, 0.25) is 0 Å². The van der Waals surface area contributed by atoms with Gasteiger partial charge in [0.1, 0.15) is 0 Å². The van der Waals surface area contributed by atoms with E-state index in [2.05, 4.69) is 22.9 Å². The maximum atomic E-state index is 9.12. The fourth-order valence-electron chi connectivity index (χ4n) is 1.00. The SMILES string of the molecule is CC1CC1C(O)CBr. The third-order valence-electron chi connectivity index (χ3n) is 1.82. The van der Waals surface area contributed by atoms with E-state index in [1.54, 1.807) is 0 Å². The van der Waals surface area contributed by atoms with Crippen LogP contribution >= 0.6 is 15.9 Å². The van der Waals surface area contributed by atoms with Crippen molar-refractivity contribution in [3.8, 4) is 0 Å². The molecule has 0 aromatic carbocycles. The molecular weight excluding hydrogens is 168 g/mol. The molecule has 3 unspecified atom stereocenters. The fraction of sp³-hybridized carbons (Fsp3) is 1.00. The van der Waals surface area contributed by atoms with Gasteiger partial charge < -0.3 is 5.11 Å². The van der Waals surface area contributed by atoms with Gasteiger partial charge in [-0.15, -0.1) is 0 Å². The molecule has 1 saturated carbocycles. The summed E-state index contributed by atoms with van der Waals surface area (Å²) in [6.07, 6.45) is 1.12. The second kappa shape index (κ2) is 2.36. The standard InChI is InChI=1S/C6H11BrO/c1-4-2-5(4)6(8)3-7/h4-6,8H,2-3H2,1H3. The van der Waals surface area contributed by atoms with Gasteiger partial charge >= 0.3 is 0 Å². The first-order chi connectivity index (χ1) is 3.75. The zero-order valence-corrected chi connectivity index (χ0v) is 6.56. The summed E-state index contributed by atoms with van der Waals surface area (Å²) in [4.78, 5) is 0. The van der Waals surface area contributed by atoms with Crippen molar-refractivity contribution in [1.82, 2.24) is 0 Å². The van der Waals surface area contributed by atoms with E-state index in [9.17, 15) is 0 Å². The Morgan fingerprint density at radius 2 is 2.38 bits per heavy atom. The number of aliphatic hydroxyl groups excluding tert-OH is 1. The van der Waals surface area contributed by atoms with Crippen LogP contribution in [0, 0.1) is 11.8 Å². The summed E-state index contributed by atoms with van der Waals surface area (Å²) < 4.78 is 0. The van der Waals surface area contributed by atoms with Gasteiger partial charge in [0.15, 0.2) is 0 Å². The summed E-state index contributed by atoms with van der Waals surface area (Å²) in [5, 5.41) is 9.86. The van der Waals surface area contributed by atoms with Crippen LogP contribution in [-0.2, 0) is 0 Å². The van der Waals surface area contributed by atoms with E-state index in [1.807, 2.05) is 0 Å². The van der Waals surface area contributed by atoms with E-state index < -0.39 is 0 Å². The van der Waals surface area contributed by atoms with Gasteiger partial charge in [-0.2, -0.15) is 0 Å². The van der Waals surface area contributed by atoms with Crippen LogP contribution < -0.4 is 0 Å². The molecule has 0 amide bonds.